The van der Waals surface area contributed by atoms with E-state index in [0.717, 1.165) is 11.3 Å². The average molecular weight is 409 g/mol. The van der Waals surface area contributed by atoms with E-state index in [2.05, 4.69) is 20.1 Å². The number of anilines is 1. The number of rotatable bonds is 4. The van der Waals surface area contributed by atoms with Crippen molar-refractivity contribution in [3.63, 3.8) is 0 Å². The Hall–Kier alpha value is -2.64. The third-order valence-corrected chi connectivity index (χ3v) is 4.56. The summed E-state index contributed by atoms with van der Waals surface area (Å²) in [6, 6.07) is 11.2. The first-order chi connectivity index (χ1) is 13.0. The predicted molar refractivity (Wildman–Crippen MR) is 99.3 cm³/mol. The Morgan fingerprint density at radius 3 is 2.56 bits per heavy atom. The maximum Gasteiger partial charge on any atom is 0.387 e. The number of ether oxygens (including phenoxy) is 1. The second-order valence-corrected chi connectivity index (χ2v) is 6.62. The monoisotopic (exact) mass is 408 g/mol. The largest absolute Gasteiger partial charge is 0.434 e. The Bertz CT molecular complexity index is 1000. The van der Waals surface area contributed by atoms with Gasteiger partial charge >= 0.3 is 6.61 Å². The van der Waals surface area contributed by atoms with Gasteiger partial charge in [0.25, 0.3) is 0 Å². The van der Waals surface area contributed by atoms with Crippen molar-refractivity contribution < 1.29 is 13.5 Å². The molecule has 0 unspecified atom stereocenters. The Kier molecular flexibility index (Phi) is 4.72. The number of hydrogen-bond donors (Lipinski definition) is 1. The number of benzene rings is 2. The van der Waals surface area contributed by atoms with Crippen molar-refractivity contribution in [2.45, 2.75) is 12.7 Å². The zero-order valence-electron chi connectivity index (χ0n) is 13.6. The van der Waals surface area contributed by atoms with Crippen molar-refractivity contribution in [3.8, 4) is 5.75 Å². The van der Waals surface area contributed by atoms with Crippen LogP contribution >= 0.6 is 23.2 Å². The molecule has 0 aliphatic carbocycles. The summed E-state index contributed by atoms with van der Waals surface area (Å²) in [5.41, 5.74) is 2.04. The molecule has 1 atom stereocenters. The molecule has 0 amide bonds. The van der Waals surface area contributed by atoms with Crippen molar-refractivity contribution >= 4 is 34.8 Å². The van der Waals surface area contributed by atoms with Crippen molar-refractivity contribution in [2.24, 2.45) is 0 Å². The number of hydrogen-bond acceptors (Lipinski definition) is 4. The van der Waals surface area contributed by atoms with Gasteiger partial charge in [0, 0.05) is 21.3 Å². The van der Waals surface area contributed by atoms with Crippen molar-refractivity contribution in [2.75, 3.05) is 5.32 Å². The third kappa shape index (κ3) is 3.61. The second kappa shape index (κ2) is 7.17. The van der Waals surface area contributed by atoms with Crippen LogP contribution in [0.1, 0.15) is 17.2 Å². The first kappa shape index (κ1) is 17.8. The first-order valence-electron chi connectivity index (χ1n) is 7.90. The number of aromatic nitrogens is 3. The zero-order chi connectivity index (χ0) is 19.0. The van der Waals surface area contributed by atoms with Crippen LogP contribution in [0.5, 0.6) is 5.75 Å². The van der Waals surface area contributed by atoms with Gasteiger partial charge in [-0.25, -0.2) is 4.68 Å². The highest BCUT2D eigenvalue weighted by molar-refractivity contribution is 6.31. The van der Waals surface area contributed by atoms with Crippen LogP contribution in [0.25, 0.3) is 5.70 Å². The van der Waals surface area contributed by atoms with Crippen LogP contribution in [0.3, 0.4) is 0 Å². The van der Waals surface area contributed by atoms with Crippen LogP contribution < -0.4 is 10.1 Å². The molecule has 0 spiro atoms. The summed E-state index contributed by atoms with van der Waals surface area (Å²) in [7, 11) is 0. The SMILES string of the molecule is FC(F)Oc1ccc(Cl)cc1[C@H]1C=C(c2ccc(Cl)cc2)Nc2ncnn21. The summed E-state index contributed by atoms with van der Waals surface area (Å²) in [4.78, 5) is 4.19. The molecule has 9 heteroatoms. The summed E-state index contributed by atoms with van der Waals surface area (Å²) in [5.74, 6) is 0.491. The van der Waals surface area contributed by atoms with E-state index in [-0.39, 0.29) is 5.75 Å². The molecule has 0 saturated carbocycles. The quantitative estimate of drug-likeness (QED) is 0.640. The highest BCUT2D eigenvalue weighted by Gasteiger charge is 2.27. The second-order valence-electron chi connectivity index (χ2n) is 5.75. The maximum atomic E-state index is 12.9. The van der Waals surface area contributed by atoms with Gasteiger partial charge in [-0.15, -0.1) is 0 Å². The lowest BCUT2D eigenvalue weighted by atomic mass is 10.0. The Balaban J connectivity index is 1.83. The third-order valence-electron chi connectivity index (χ3n) is 4.07. The summed E-state index contributed by atoms with van der Waals surface area (Å²) >= 11 is 12.1. The molecule has 4 rings (SSSR count). The number of nitrogens with zero attached hydrogens (tertiary/aromatic N) is 3. The van der Waals surface area contributed by atoms with E-state index in [1.54, 1.807) is 22.9 Å². The molecule has 1 aliphatic rings. The van der Waals surface area contributed by atoms with E-state index in [9.17, 15) is 8.78 Å². The minimum absolute atomic E-state index is 0.0226. The van der Waals surface area contributed by atoms with E-state index in [0.29, 0.717) is 21.6 Å². The normalized spacial score (nSPS) is 15.9. The molecule has 0 fully saturated rings. The van der Waals surface area contributed by atoms with Gasteiger partial charge in [-0.1, -0.05) is 35.3 Å². The molecule has 0 saturated heterocycles. The fourth-order valence-electron chi connectivity index (χ4n) is 2.91. The lowest BCUT2D eigenvalue weighted by Crippen LogP contribution is -2.21. The summed E-state index contributed by atoms with van der Waals surface area (Å²) in [6.07, 6.45) is 3.22. The Labute approximate surface area is 163 Å². The minimum Gasteiger partial charge on any atom is -0.434 e. The van der Waals surface area contributed by atoms with Crippen LogP contribution in [0, 0.1) is 0 Å². The lowest BCUT2D eigenvalue weighted by Gasteiger charge is -2.26. The number of nitrogens with one attached hydrogen (secondary N) is 1. The molecule has 5 nitrogen and oxygen atoms in total. The van der Waals surface area contributed by atoms with Gasteiger partial charge < -0.3 is 10.1 Å². The highest BCUT2D eigenvalue weighted by atomic mass is 35.5. The molecule has 2 aromatic carbocycles. The van der Waals surface area contributed by atoms with E-state index >= 15 is 0 Å². The fraction of sp³-hybridized carbons (Fsp3) is 0.111. The van der Waals surface area contributed by atoms with Gasteiger partial charge in [0.05, 0.1) is 0 Å². The van der Waals surface area contributed by atoms with Gasteiger partial charge in [0.2, 0.25) is 5.95 Å². The summed E-state index contributed by atoms with van der Waals surface area (Å²) in [6.45, 7) is -2.96. The molecule has 1 aromatic heterocycles. The van der Waals surface area contributed by atoms with Gasteiger partial charge in [0.15, 0.2) is 0 Å². The lowest BCUT2D eigenvalue weighted by molar-refractivity contribution is -0.0506. The predicted octanol–water partition coefficient (Wildman–Crippen LogP) is 5.24. The number of halogens is 4. The molecular formula is C18H12Cl2F2N4O. The van der Waals surface area contributed by atoms with E-state index < -0.39 is 12.7 Å². The van der Waals surface area contributed by atoms with Crippen molar-refractivity contribution in [1.29, 1.82) is 0 Å². The van der Waals surface area contributed by atoms with E-state index in [1.807, 2.05) is 18.2 Å². The molecule has 138 valence electrons. The van der Waals surface area contributed by atoms with Gasteiger partial charge in [0.1, 0.15) is 18.1 Å². The van der Waals surface area contributed by atoms with Crippen LogP contribution in [0.4, 0.5) is 14.7 Å². The summed E-state index contributed by atoms with van der Waals surface area (Å²) < 4.78 is 32.0. The molecule has 27 heavy (non-hydrogen) atoms. The van der Waals surface area contributed by atoms with Crippen LogP contribution in [-0.2, 0) is 0 Å². The van der Waals surface area contributed by atoms with Gasteiger partial charge in [-0.05, 0) is 42.0 Å². The summed E-state index contributed by atoms with van der Waals surface area (Å²) in [5, 5.41) is 8.38. The number of alkyl halides is 2. The van der Waals surface area contributed by atoms with Gasteiger partial charge in [-0.3, -0.25) is 0 Å². The molecule has 2 heterocycles. The van der Waals surface area contributed by atoms with Crippen LogP contribution in [0.15, 0.2) is 54.9 Å². The molecule has 0 bridgehead atoms. The Morgan fingerprint density at radius 2 is 1.81 bits per heavy atom. The maximum absolute atomic E-state index is 12.9. The molecule has 0 radical (unpaired) electrons. The molecule has 3 aromatic rings. The number of allylic oxidation sites excluding steroid dienone is 1. The average Bonchev–Trinajstić information content (AvgIpc) is 3.11. The van der Waals surface area contributed by atoms with Crippen molar-refractivity contribution in [3.05, 3.63) is 76.0 Å². The molecule has 1 N–H and O–H groups in total. The smallest absolute Gasteiger partial charge is 0.387 e. The molecular weight excluding hydrogens is 397 g/mol. The zero-order valence-corrected chi connectivity index (χ0v) is 15.1. The Morgan fingerprint density at radius 1 is 1.07 bits per heavy atom. The standard InChI is InChI=1S/C18H12Cl2F2N4O/c19-11-3-1-10(2-4-11)14-8-15(26-18(25-14)23-9-24-26)13-7-12(20)5-6-16(13)27-17(21)22/h1-9,15,17H,(H,23,24,25)/t15-/m1/s1. The molecule has 1 aliphatic heterocycles. The number of fused-ring (bicyclic) bond motifs is 1. The van der Waals surface area contributed by atoms with Crippen molar-refractivity contribution in [1.82, 2.24) is 14.8 Å². The van der Waals surface area contributed by atoms with E-state index in [4.69, 9.17) is 23.2 Å². The topological polar surface area (TPSA) is 52.0 Å². The first-order valence-corrected chi connectivity index (χ1v) is 8.65. The van der Waals surface area contributed by atoms with Crippen LogP contribution in [0.2, 0.25) is 10.0 Å². The minimum atomic E-state index is -2.96. The van der Waals surface area contributed by atoms with Crippen LogP contribution in [-0.4, -0.2) is 21.4 Å². The van der Waals surface area contributed by atoms with E-state index in [1.165, 1.54) is 18.5 Å². The van der Waals surface area contributed by atoms with Gasteiger partial charge in [-0.2, -0.15) is 18.9 Å². The fourth-order valence-corrected chi connectivity index (χ4v) is 3.21. The highest BCUT2D eigenvalue weighted by Crippen LogP contribution is 2.38.